The summed E-state index contributed by atoms with van der Waals surface area (Å²) in [6.45, 7) is 6.72. The number of aromatic nitrogens is 2. The van der Waals surface area contributed by atoms with Gasteiger partial charge in [0.25, 0.3) is 0 Å². The highest BCUT2D eigenvalue weighted by Gasteiger charge is 2.35. The quantitative estimate of drug-likeness (QED) is 0.634. The fourth-order valence-electron chi connectivity index (χ4n) is 5.88. The molecule has 1 aromatic heterocycles. The first kappa shape index (κ1) is 21.8. The van der Waals surface area contributed by atoms with Crippen molar-refractivity contribution in [2.45, 2.75) is 76.4 Å². The van der Waals surface area contributed by atoms with Gasteiger partial charge in [-0.05, 0) is 88.2 Å². The Morgan fingerprint density at radius 2 is 1.75 bits per heavy atom. The third-order valence-electron chi connectivity index (χ3n) is 7.88. The maximum Gasteiger partial charge on any atom is 0.332 e. The number of ether oxygens (including phenoxy) is 1. The number of hydrogen-bond donors (Lipinski definition) is 1. The summed E-state index contributed by atoms with van der Waals surface area (Å²) in [6, 6.07) is 9.46. The van der Waals surface area contributed by atoms with Gasteiger partial charge < -0.3 is 15.0 Å². The largest absolute Gasteiger partial charge is 0.494 e. The summed E-state index contributed by atoms with van der Waals surface area (Å²) < 4.78 is 9.46. The summed E-state index contributed by atoms with van der Waals surface area (Å²) in [5, 5.41) is 3.98. The third kappa shape index (κ3) is 4.67. The van der Waals surface area contributed by atoms with Crippen molar-refractivity contribution in [2.75, 3.05) is 26.2 Å². The minimum absolute atomic E-state index is 0.0680. The van der Waals surface area contributed by atoms with E-state index in [1.807, 2.05) is 41.2 Å². The molecule has 32 heavy (non-hydrogen) atoms. The third-order valence-corrected chi connectivity index (χ3v) is 7.88. The average molecular weight is 439 g/mol. The first-order valence-corrected chi connectivity index (χ1v) is 12.7. The van der Waals surface area contributed by atoms with Crippen molar-refractivity contribution >= 4 is 0 Å². The zero-order chi connectivity index (χ0) is 21.9. The molecular formula is C26H38N4O2. The van der Waals surface area contributed by atoms with Crippen molar-refractivity contribution in [3.63, 3.8) is 0 Å². The zero-order valence-electron chi connectivity index (χ0n) is 19.4. The average Bonchev–Trinajstić information content (AvgIpc) is 3.22. The molecule has 6 nitrogen and oxygen atoms in total. The van der Waals surface area contributed by atoms with Gasteiger partial charge in [-0.15, -0.1) is 0 Å². The molecule has 174 valence electrons. The molecule has 1 saturated carbocycles. The number of piperidine rings is 3. The van der Waals surface area contributed by atoms with E-state index < -0.39 is 0 Å². The normalized spacial score (nSPS) is 29.8. The van der Waals surface area contributed by atoms with Gasteiger partial charge in [-0.25, -0.2) is 4.79 Å². The van der Waals surface area contributed by atoms with Crippen molar-refractivity contribution < 1.29 is 4.74 Å². The number of benzene rings is 1. The molecule has 3 saturated heterocycles. The van der Waals surface area contributed by atoms with Crippen LogP contribution in [0.25, 0.3) is 5.69 Å². The number of fused-ring (bicyclic) bond motifs is 3. The summed E-state index contributed by atoms with van der Waals surface area (Å²) in [4.78, 5) is 15.7. The molecule has 0 spiro atoms. The van der Waals surface area contributed by atoms with E-state index in [2.05, 4.69) is 17.1 Å². The molecule has 6 heteroatoms. The molecule has 1 N–H and O–H groups in total. The van der Waals surface area contributed by atoms with E-state index in [4.69, 9.17) is 4.74 Å². The van der Waals surface area contributed by atoms with E-state index in [9.17, 15) is 4.79 Å². The van der Waals surface area contributed by atoms with Gasteiger partial charge in [-0.1, -0.05) is 13.3 Å². The summed E-state index contributed by atoms with van der Waals surface area (Å²) in [6.07, 6.45) is 13.3. The number of imidazole rings is 1. The lowest BCUT2D eigenvalue weighted by molar-refractivity contribution is 0.0627. The molecule has 2 bridgehead atoms. The van der Waals surface area contributed by atoms with E-state index in [1.165, 1.54) is 32.5 Å². The van der Waals surface area contributed by atoms with Gasteiger partial charge in [0, 0.05) is 37.1 Å². The number of rotatable bonds is 8. The van der Waals surface area contributed by atoms with E-state index in [-0.39, 0.29) is 5.69 Å². The zero-order valence-corrected chi connectivity index (χ0v) is 19.4. The van der Waals surface area contributed by atoms with E-state index >= 15 is 0 Å². The number of nitrogens with one attached hydrogen (secondary N) is 1. The van der Waals surface area contributed by atoms with Gasteiger partial charge in [0.1, 0.15) is 5.75 Å². The molecule has 0 amide bonds. The summed E-state index contributed by atoms with van der Waals surface area (Å²) in [7, 11) is 0. The van der Waals surface area contributed by atoms with Crippen LogP contribution >= 0.6 is 0 Å². The maximum atomic E-state index is 13.1. The van der Waals surface area contributed by atoms with Gasteiger partial charge in [-0.3, -0.25) is 9.13 Å². The number of hydrogen-bond acceptors (Lipinski definition) is 4. The fourth-order valence-corrected chi connectivity index (χ4v) is 5.88. The molecule has 4 heterocycles. The Labute approximate surface area is 191 Å². The molecule has 1 aliphatic carbocycles. The summed E-state index contributed by atoms with van der Waals surface area (Å²) in [5.74, 6) is 1.74. The van der Waals surface area contributed by atoms with Crippen molar-refractivity contribution in [3.8, 4) is 11.4 Å². The second-order valence-electron chi connectivity index (χ2n) is 9.97. The monoisotopic (exact) mass is 438 g/mol. The molecule has 3 aliphatic heterocycles. The molecule has 4 aliphatic rings. The minimum atomic E-state index is 0.0680. The maximum absolute atomic E-state index is 13.1. The molecule has 2 aromatic rings. The Hall–Kier alpha value is -2.05. The van der Waals surface area contributed by atoms with Gasteiger partial charge >= 0.3 is 5.69 Å². The fraction of sp³-hybridized carbons (Fsp3) is 0.654. The SMILES string of the molecule is CCCCOc1ccc(-n2ccn(C3CCC(NC4CN5CCC4CC5)CC3)c2=O)cc1. The first-order chi connectivity index (χ1) is 15.7. The minimum Gasteiger partial charge on any atom is -0.494 e. The standard InChI is InChI=1S/C26H38N4O2/c1-2-3-18-32-24-10-8-23(9-11-24)30-17-16-29(26(30)31)22-6-4-21(5-7-22)27-25-19-28-14-12-20(25)13-15-28/h8-11,16-17,20-22,25,27H,2-7,12-15,18-19H2,1H3. The van der Waals surface area contributed by atoms with Crippen LogP contribution in [0.3, 0.4) is 0 Å². The molecule has 1 aromatic carbocycles. The van der Waals surface area contributed by atoms with Crippen molar-refractivity contribution in [3.05, 3.63) is 47.1 Å². The van der Waals surface area contributed by atoms with Crippen LogP contribution in [0.2, 0.25) is 0 Å². The number of unbranched alkanes of at least 4 members (excludes halogenated alkanes) is 1. The second kappa shape index (κ2) is 9.84. The van der Waals surface area contributed by atoms with Crippen LogP contribution in [0.4, 0.5) is 0 Å². The number of nitrogens with zero attached hydrogens (tertiary/aromatic N) is 3. The summed E-state index contributed by atoms with van der Waals surface area (Å²) >= 11 is 0. The van der Waals surface area contributed by atoms with Crippen LogP contribution < -0.4 is 15.7 Å². The predicted octanol–water partition coefficient (Wildman–Crippen LogP) is 3.99. The smallest absolute Gasteiger partial charge is 0.332 e. The molecule has 4 fully saturated rings. The predicted molar refractivity (Wildman–Crippen MR) is 128 cm³/mol. The van der Waals surface area contributed by atoms with Crippen molar-refractivity contribution in [2.24, 2.45) is 5.92 Å². The molecule has 1 unspecified atom stereocenters. The van der Waals surface area contributed by atoms with Gasteiger partial charge in [-0.2, -0.15) is 0 Å². The lowest BCUT2D eigenvalue weighted by Crippen LogP contribution is -2.58. The Kier molecular flexibility index (Phi) is 6.69. The van der Waals surface area contributed by atoms with Crippen molar-refractivity contribution in [1.29, 1.82) is 0 Å². The van der Waals surface area contributed by atoms with Gasteiger partial charge in [0.15, 0.2) is 0 Å². The Balaban J connectivity index is 1.17. The topological polar surface area (TPSA) is 51.4 Å². The van der Waals surface area contributed by atoms with Crippen LogP contribution in [0.1, 0.15) is 64.3 Å². The highest BCUT2D eigenvalue weighted by Crippen LogP contribution is 2.32. The van der Waals surface area contributed by atoms with Crippen LogP contribution in [0, 0.1) is 5.92 Å². The van der Waals surface area contributed by atoms with Gasteiger partial charge in [0.2, 0.25) is 0 Å². The highest BCUT2D eigenvalue weighted by molar-refractivity contribution is 5.37. The lowest BCUT2D eigenvalue weighted by Gasteiger charge is -2.47. The van der Waals surface area contributed by atoms with Crippen molar-refractivity contribution in [1.82, 2.24) is 19.4 Å². The van der Waals surface area contributed by atoms with E-state index in [0.717, 1.165) is 62.5 Å². The highest BCUT2D eigenvalue weighted by atomic mass is 16.5. The van der Waals surface area contributed by atoms with Crippen LogP contribution in [-0.2, 0) is 0 Å². The van der Waals surface area contributed by atoms with Crippen LogP contribution in [-0.4, -0.2) is 52.4 Å². The van der Waals surface area contributed by atoms with E-state index in [0.29, 0.717) is 18.1 Å². The molecule has 6 rings (SSSR count). The van der Waals surface area contributed by atoms with Gasteiger partial charge in [0.05, 0.1) is 12.3 Å². The second-order valence-corrected chi connectivity index (χ2v) is 9.97. The Bertz CT molecular complexity index is 918. The molecule has 1 atom stereocenters. The Morgan fingerprint density at radius 1 is 1.00 bits per heavy atom. The van der Waals surface area contributed by atoms with E-state index in [1.54, 1.807) is 4.57 Å². The molecular weight excluding hydrogens is 400 g/mol. The van der Waals surface area contributed by atoms with Crippen LogP contribution in [0.15, 0.2) is 41.5 Å². The Morgan fingerprint density at radius 3 is 2.41 bits per heavy atom. The molecule has 0 radical (unpaired) electrons. The summed E-state index contributed by atoms with van der Waals surface area (Å²) in [5.41, 5.74) is 0.966. The van der Waals surface area contributed by atoms with Crippen LogP contribution in [0.5, 0.6) is 5.75 Å². The first-order valence-electron chi connectivity index (χ1n) is 12.7. The lowest BCUT2D eigenvalue weighted by atomic mass is 9.82.